The monoisotopic (exact) mass is 280 g/mol. The first-order valence-corrected chi connectivity index (χ1v) is 4.80. The molecule has 1 atom stereocenters. The third kappa shape index (κ3) is 1.92. The molecule has 1 heterocycles. The van der Waals surface area contributed by atoms with Crippen LogP contribution in [0.4, 0.5) is 4.39 Å². The van der Waals surface area contributed by atoms with Gasteiger partial charge < -0.3 is 5.73 Å². The number of rotatable bonds is 2. The first-order chi connectivity index (χ1) is 5.66. The minimum Gasteiger partial charge on any atom is -0.324 e. The lowest BCUT2D eigenvalue weighted by atomic mass is 10.1. The zero-order valence-electron chi connectivity index (χ0n) is 6.72. The summed E-state index contributed by atoms with van der Waals surface area (Å²) < 4.78 is 13.9. The quantitative estimate of drug-likeness (QED) is 0.666. The number of aromatic nitrogens is 1. The second-order valence-electron chi connectivity index (χ2n) is 2.51. The Morgan fingerprint density at radius 1 is 1.75 bits per heavy atom. The van der Waals surface area contributed by atoms with E-state index in [2.05, 4.69) is 27.6 Å². The molecule has 4 heteroatoms. The standard InChI is InChI=1S/C8H10FIN2/c1-2-6(11)7-5(10)3-4-12-8(7)9/h3-4,6H,2,11H2,1H3. The third-order valence-corrected chi connectivity index (χ3v) is 2.64. The van der Waals surface area contributed by atoms with Crippen molar-refractivity contribution in [3.63, 3.8) is 0 Å². The van der Waals surface area contributed by atoms with Crippen LogP contribution in [0.1, 0.15) is 24.9 Å². The molecule has 0 saturated heterocycles. The molecule has 0 fully saturated rings. The van der Waals surface area contributed by atoms with Crippen LogP contribution in [0.5, 0.6) is 0 Å². The van der Waals surface area contributed by atoms with E-state index in [4.69, 9.17) is 5.73 Å². The minimum absolute atomic E-state index is 0.245. The van der Waals surface area contributed by atoms with Gasteiger partial charge in [0.25, 0.3) is 0 Å². The number of pyridine rings is 1. The van der Waals surface area contributed by atoms with E-state index in [1.807, 2.05) is 6.92 Å². The molecule has 2 N–H and O–H groups in total. The molecule has 1 rings (SSSR count). The van der Waals surface area contributed by atoms with E-state index in [1.165, 1.54) is 6.20 Å². The van der Waals surface area contributed by atoms with Crippen molar-refractivity contribution in [1.29, 1.82) is 0 Å². The van der Waals surface area contributed by atoms with Crippen LogP contribution in [0, 0.1) is 9.52 Å². The fraction of sp³-hybridized carbons (Fsp3) is 0.375. The molecule has 2 nitrogen and oxygen atoms in total. The molecular weight excluding hydrogens is 270 g/mol. The van der Waals surface area contributed by atoms with Gasteiger partial charge in [-0.05, 0) is 35.1 Å². The Kier molecular flexibility index (Phi) is 3.39. The Hall–Kier alpha value is -0.230. The second kappa shape index (κ2) is 4.13. The molecule has 66 valence electrons. The van der Waals surface area contributed by atoms with Crippen molar-refractivity contribution < 1.29 is 4.39 Å². The number of halogens is 2. The Morgan fingerprint density at radius 2 is 2.42 bits per heavy atom. The Balaban J connectivity index is 3.12. The van der Waals surface area contributed by atoms with Crippen LogP contribution in [0.25, 0.3) is 0 Å². The van der Waals surface area contributed by atoms with Gasteiger partial charge in [-0.3, -0.25) is 0 Å². The van der Waals surface area contributed by atoms with E-state index < -0.39 is 5.95 Å². The van der Waals surface area contributed by atoms with Gasteiger partial charge in [0.15, 0.2) is 0 Å². The van der Waals surface area contributed by atoms with Crippen molar-refractivity contribution in [3.8, 4) is 0 Å². The zero-order valence-corrected chi connectivity index (χ0v) is 8.88. The fourth-order valence-electron chi connectivity index (χ4n) is 0.960. The summed E-state index contributed by atoms with van der Waals surface area (Å²) in [6, 6.07) is 1.51. The molecule has 0 bridgehead atoms. The minimum atomic E-state index is -0.448. The predicted molar refractivity (Wildman–Crippen MR) is 54.1 cm³/mol. The van der Waals surface area contributed by atoms with Crippen molar-refractivity contribution in [2.75, 3.05) is 0 Å². The number of nitrogens with zero attached hydrogens (tertiary/aromatic N) is 1. The average molecular weight is 280 g/mol. The predicted octanol–water partition coefficient (Wildman–Crippen LogP) is 2.24. The van der Waals surface area contributed by atoms with Crippen LogP contribution in [0.15, 0.2) is 12.3 Å². The fourth-order valence-corrected chi connectivity index (χ4v) is 1.74. The Labute approximate surface area is 84.5 Å². The van der Waals surface area contributed by atoms with E-state index in [0.29, 0.717) is 5.56 Å². The van der Waals surface area contributed by atoms with Crippen LogP contribution in [0.3, 0.4) is 0 Å². The van der Waals surface area contributed by atoms with Crippen LogP contribution in [-0.2, 0) is 0 Å². The van der Waals surface area contributed by atoms with Gasteiger partial charge in [-0.2, -0.15) is 4.39 Å². The first-order valence-electron chi connectivity index (χ1n) is 3.72. The van der Waals surface area contributed by atoms with E-state index in [9.17, 15) is 4.39 Å². The first kappa shape index (κ1) is 9.85. The zero-order chi connectivity index (χ0) is 9.14. The normalized spacial score (nSPS) is 13.0. The Morgan fingerprint density at radius 3 is 2.92 bits per heavy atom. The molecule has 0 spiro atoms. The summed E-state index contributed by atoms with van der Waals surface area (Å²) in [4.78, 5) is 3.56. The molecule has 0 aromatic carbocycles. The van der Waals surface area contributed by atoms with E-state index in [0.717, 1.165) is 9.99 Å². The van der Waals surface area contributed by atoms with Gasteiger partial charge in [-0.15, -0.1) is 0 Å². The molecule has 0 saturated carbocycles. The number of hydrogen-bond donors (Lipinski definition) is 1. The van der Waals surface area contributed by atoms with Crippen molar-refractivity contribution in [2.24, 2.45) is 5.73 Å². The highest BCUT2D eigenvalue weighted by Crippen LogP contribution is 2.21. The lowest BCUT2D eigenvalue weighted by Gasteiger charge is -2.10. The van der Waals surface area contributed by atoms with Gasteiger partial charge in [0.1, 0.15) is 0 Å². The van der Waals surface area contributed by atoms with E-state index >= 15 is 0 Å². The maximum absolute atomic E-state index is 13.1. The van der Waals surface area contributed by atoms with E-state index in [1.54, 1.807) is 6.07 Å². The molecule has 1 aromatic rings. The molecule has 1 aromatic heterocycles. The maximum Gasteiger partial charge on any atom is 0.218 e. The summed E-state index contributed by atoms with van der Waals surface area (Å²) in [5, 5.41) is 0. The lowest BCUT2D eigenvalue weighted by molar-refractivity contribution is 0.537. The lowest BCUT2D eigenvalue weighted by Crippen LogP contribution is -2.13. The summed E-state index contributed by atoms with van der Waals surface area (Å²) in [6.45, 7) is 1.92. The molecule has 0 aliphatic heterocycles. The highest BCUT2D eigenvalue weighted by Gasteiger charge is 2.13. The Bertz CT molecular complexity index is 258. The molecule has 1 unspecified atom stereocenters. The van der Waals surface area contributed by atoms with Crippen LogP contribution in [0.2, 0.25) is 0 Å². The topological polar surface area (TPSA) is 38.9 Å². The summed E-state index contributed by atoms with van der Waals surface area (Å²) in [5.41, 5.74) is 6.24. The highest BCUT2D eigenvalue weighted by atomic mass is 127. The van der Waals surface area contributed by atoms with Crippen molar-refractivity contribution in [1.82, 2.24) is 4.98 Å². The number of hydrogen-bond acceptors (Lipinski definition) is 2. The third-order valence-electron chi connectivity index (χ3n) is 1.70. The van der Waals surface area contributed by atoms with Gasteiger partial charge in [-0.1, -0.05) is 6.92 Å². The largest absolute Gasteiger partial charge is 0.324 e. The average Bonchev–Trinajstić information content (AvgIpc) is 2.03. The molecule has 0 radical (unpaired) electrons. The molecular formula is C8H10FIN2. The van der Waals surface area contributed by atoms with Crippen molar-refractivity contribution in [2.45, 2.75) is 19.4 Å². The van der Waals surface area contributed by atoms with Gasteiger partial charge in [0, 0.05) is 21.4 Å². The van der Waals surface area contributed by atoms with Crippen LogP contribution < -0.4 is 5.73 Å². The van der Waals surface area contributed by atoms with Crippen LogP contribution >= 0.6 is 22.6 Å². The smallest absolute Gasteiger partial charge is 0.218 e. The SMILES string of the molecule is CCC(N)c1c(I)ccnc1F. The number of nitrogens with two attached hydrogens (primary N) is 1. The summed E-state index contributed by atoms with van der Waals surface area (Å²) in [6.07, 6.45) is 2.17. The molecule has 0 aliphatic carbocycles. The van der Waals surface area contributed by atoms with Gasteiger partial charge in [-0.25, -0.2) is 4.98 Å². The summed E-state index contributed by atoms with van der Waals surface area (Å²) >= 11 is 2.06. The molecule has 0 aliphatic rings. The molecule has 0 amide bonds. The van der Waals surface area contributed by atoms with Crippen molar-refractivity contribution in [3.05, 3.63) is 27.3 Å². The van der Waals surface area contributed by atoms with Gasteiger partial charge in [0.2, 0.25) is 5.95 Å². The second-order valence-corrected chi connectivity index (χ2v) is 3.67. The van der Waals surface area contributed by atoms with Crippen molar-refractivity contribution >= 4 is 22.6 Å². The van der Waals surface area contributed by atoms with Crippen LogP contribution in [-0.4, -0.2) is 4.98 Å². The van der Waals surface area contributed by atoms with E-state index in [-0.39, 0.29) is 6.04 Å². The van der Waals surface area contributed by atoms with Gasteiger partial charge >= 0.3 is 0 Å². The maximum atomic E-state index is 13.1. The summed E-state index contributed by atoms with van der Waals surface area (Å²) in [7, 11) is 0. The molecule has 12 heavy (non-hydrogen) atoms. The highest BCUT2D eigenvalue weighted by molar-refractivity contribution is 14.1. The summed E-state index contributed by atoms with van der Waals surface area (Å²) in [5.74, 6) is -0.448. The van der Waals surface area contributed by atoms with Gasteiger partial charge in [0.05, 0.1) is 0 Å².